The number of hydrogen-bond acceptors (Lipinski definition) is 2. The molecule has 0 aliphatic heterocycles. The highest BCUT2D eigenvalue weighted by atomic mass is 14.7. The Morgan fingerprint density at radius 2 is 2.08 bits per heavy atom. The van der Waals surface area contributed by atoms with Crippen molar-refractivity contribution in [2.45, 2.75) is 20.8 Å². The summed E-state index contributed by atoms with van der Waals surface area (Å²) in [5.41, 5.74) is 0.864. The second-order valence-electron chi connectivity index (χ2n) is 2.28. The summed E-state index contributed by atoms with van der Waals surface area (Å²) >= 11 is 0. The van der Waals surface area contributed by atoms with Gasteiger partial charge in [0.1, 0.15) is 0 Å². The molecule has 0 radical (unpaired) electrons. The third kappa shape index (κ3) is 3.20. The molecule has 13 heavy (non-hydrogen) atoms. The monoisotopic (exact) mass is 176 g/mol. The predicted octanol–water partition coefficient (Wildman–Crippen LogP) is 1.35. The first-order chi connectivity index (χ1) is 6.25. The summed E-state index contributed by atoms with van der Waals surface area (Å²) in [5.74, 6) is 0. The minimum absolute atomic E-state index is 0.864. The van der Waals surface area contributed by atoms with E-state index in [1.54, 1.807) is 12.4 Å². The van der Waals surface area contributed by atoms with Crippen LogP contribution in [0.5, 0.6) is 0 Å². The first-order valence-corrected chi connectivity index (χ1v) is 4.32. The molecule has 70 valence electrons. The van der Waals surface area contributed by atoms with Gasteiger partial charge in [-0.25, -0.2) is 0 Å². The van der Waals surface area contributed by atoms with Crippen LogP contribution in [-0.4, -0.2) is 11.7 Å². The average Bonchev–Trinajstić information content (AvgIpc) is 2.20. The largest absolute Gasteiger partial charge is 0.269 e. The minimum atomic E-state index is 0.864. The second kappa shape index (κ2) is 6.12. The van der Waals surface area contributed by atoms with E-state index in [9.17, 15) is 0 Å². The van der Waals surface area contributed by atoms with Crippen LogP contribution in [0.4, 0.5) is 0 Å². The molecule has 0 N–H and O–H groups in total. The Morgan fingerprint density at radius 1 is 1.46 bits per heavy atom. The number of aliphatic imine (C=N–C) groups is 1. The molecule has 1 aromatic heterocycles. The Hall–Kier alpha value is -1.44. The van der Waals surface area contributed by atoms with Gasteiger partial charge in [0.2, 0.25) is 0 Å². The van der Waals surface area contributed by atoms with Crippen LogP contribution in [0.25, 0.3) is 12.3 Å². The zero-order valence-corrected chi connectivity index (χ0v) is 8.54. The van der Waals surface area contributed by atoms with Crippen LogP contribution in [0.1, 0.15) is 20.8 Å². The third-order valence-electron chi connectivity index (χ3n) is 1.54. The van der Waals surface area contributed by atoms with E-state index in [4.69, 9.17) is 0 Å². The van der Waals surface area contributed by atoms with Crippen LogP contribution in [0.15, 0.2) is 23.5 Å². The molecule has 1 heterocycles. The highest BCUT2D eigenvalue weighted by molar-refractivity contribution is 5.48. The van der Waals surface area contributed by atoms with Gasteiger partial charge in [0, 0.05) is 23.3 Å². The molecule has 0 spiro atoms. The molecule has 2 nitrogen and oxygen atoms in total. The fourth-order valence-corrected chi connectivity index (χ4v) is 0.834. The summed E-state index contributed by atoms with van der Waals surface area (Å²) < 4.78 is 0. The molecule has 0 aromatic carbocycles. The van der Waals surface area contributed by atoms with Crippen molar-refractivity contribution < 1.29 is 0 Å². The van der Waals surface area contributed by atoms with Gasteiger partial charge in [-0.2, -0.15) is 0 Å². The van der Waals surface area contributed by atoms with Crippen molar-refractivity contribution in [3.05, 3.63) is 28.9 Å². The molecule has 0 unspecified atom stereocenters. The van der Waals surface area contributed by atoms with Crippen molar-refractivity contribution in [1.29, 1.82) is 0 Å². The quantitative estimate of drug-likeness (QED) is 0.593. The third-order valence-corrected chi connectivity index (χ3v) is 1.54. The van der Waals surface area contributed by atoms with E-state index in [2.05, 4.69) is 23.3 Å². The van der Waals surface area contributed by atoms with E-state index < -0.39 is 0 Å². The Bertz CT molecular complexity index is 366. The lowest BCUT2D eigenvalue weighted by atomic mass is 10.3. The number of hydrogen-bond donors (Lipinski definition) is 0. The van der Waals surface area contributed by atoms with Crippen LogP contribution in [0.2, 0.25) is 0 Å². The maximum Gasteiger partial charge on any atom is 0.0458 e. The standard InChI is InChI=1S/C9H10N2.C2H6/c1-7-4-5-11-6-9(7)8(2)10-3;1-2/h4-6H,1,3H2,2H3;1-2H3/b9-8-;. The average molecular weight is 176 g/mol. The summed E-state index contributed by atoms with van der Waals surface area (Å²) in [5, 5.41) is 1.90. The van der Waals surface area contributed by atoms with E-state index in [1.165, 1.54) is 0 Å². The van der Waals surface area contributed by atoms with Gasteiger partial charge >= 0.3 is 0 Å². The van der Waals surface area contributed by atoms with E-state index in [-0.39, 0.29) is 0 Å². The minimum Gasteiger partial charge on any atom is -0.269 e. The predicted molar refractivity (Wildman–Crippen MR) is 59.0 cm³/mol. The highest BCUT2D eigenvalue weighted by Crippen LogP contribution is 1.85. The maximum atomic E-state index is 3.97. The fourth-order valence-electron chi connectivity index (χ4n) is 0.834. The van der Waals surface area contributed by atoms with Gasteiger partial charge in [0.25, 0.3) is 0 Å². The van der Waals surface area contributed by atoms with Crippen LogP contribution >= 0.6 is 0 Å². The SMILES string of the molecule is C=N/C(C)=c1/cnccc1=C.CC. The molecule has 0 saturated heterocycles. The smallest absolute Gasteiger partial charge is 0.0458 e. The van der Waals surface area contributed by atoms with Gasteiger partial charge in [0.05, 0.1) is 0 Å². The highest BCUT2D eigenvalue weighted by Gasteiger charge is 1.85. The maximum absolute atomic E-state index is 3.97. The van der Waals surface area contributed by atoms with E-state index >= 15 is 0 Å². The molecular weight excluding hydrogens is 160 g/mol. The number of aromatic nitrogens is 1. The molecule has 2 heteroatoms. The first-order valence-electron chi connectivity index (χ1n) is 4.32. The van der Waals surface area contributed by atoms with Gasteiger partial charge in [-0.1, -0.05) is 20.4 Å². The van der Waals surface area contributed by atoms with Gasteiger partial charge in [-0.05, 0) is 24.9 Å². The van der Waals surface area contributed by atoms with Crippen LogP contribution in [0.3, 0.4) is 0 Å². The molecule has 1 aromatic rings. The number of pyridine rings is 1. The molecule has 0 atom stereocenters. The Kier molecular flexibility index (Phi) is 5.44. The van der Waals surface area contributed by atoms with E-state index in [0.29, 0.717) is 0 Å². The molecule has 1 rings (SSSR count). The summed E-state index contributed by atoms with van der Waals surface area (Å²) in [6.45, 7) is 13.2. The zero-order chi connectivity index (χ0) is 10.3. The molecule has 0 saturated carbocycles. The lowest BCUT2D eigenvalue weighted by molar-refractivity contribution is 1.25. The van der Waals surface area contributed by atoms with Crippen molar-refractivity contribution in [2.75, 3.05) is 0 Å². The van der Waals surface area contributed by atoms with Gasteiger partial charge < -0.3 is 0 Å². The van der Waals surface area contributed by atoms with Crippen molar-refractivity contribution in [3.63, 3.8) is 0 Å². The topological polar surface area (TPSA) is 25.2 Å². The summed E-state index contributed by atoms with van der Waals surface area (Å²) in [6.07, 6.45) is 3.45. The molecule has 0 bridgehead atoms. The summed E-state index contributed by atoms with van der Waals surface area (Å²) in [7, 11) is 0. The van der Waals surface area contributed by atoms with E-state index in [0.717, 1.165) is 16.1 Å². The van der Waals surface area contributed by atoms with Crippen molar-refractivity contribution in [2.24, 2.45) is 4.99 Å². The lowest BCUT2D eigenvalue weighted by Gasteiger charge is -1.90. The zero-order valence-electron chi connectivity index (χ0n) is 8.54. The summed E-state index contributed by atoms with van der Waals surface area (Å²) in [6, 6.07) is 1.85. The number of rotatable bonds is 1. The molecule has 0 aliphatic carbocycles. The van der Waals surface area contributed by atoms with Gasteiger partial charge in [-0.3, -0.25) is 9.98 Å². The first kappa shape index (κ1) is 11.6. The normalized spacial score (nSPS) is 11.0. The Morgan fingerprint density at radius 3 is 2.54 bits per heavy atom. The van der Waals surface area contributed by atoms with Crippen molar-refractivity contribution in [3.8, 4) is 0 Å². The lowest BCUT2D eigenvalue weighted by Crippen LogP contribution is -2.24. The van der Waals surface area contributed by atoms with Crippen molar-refractivity contribution >= 4 is 19.0 Å². The van der Waals surface area contributed by atoms with Crippen molar-refractivity contribution in [1.82, 2.24) is 4.98 Å². The van der Waals surface area contributed by atoms with Crippen LogP contribution < -0.4 is 10.4 Å². The van der Waals surface area contributed by atoms with Crippen LogP contribution in [0, 0.1) is 0 Å². The molecular formula is C11H16N2. The second-order valence-corrected chi connectivity index (χ2v) is 2.28. The fraction of sp³-hybridized carbons (Fsp3) is 0.273. The van der Waals surface area contributed by atoms with Gasteiger partial charge in [0.15, 0.2) is 0 Å². The molecule has 0 fully saturated rings. The number of nitrogens with zero attached hydrogens (tertiary/aromatic N) is 2. The molecule has 0 aliphatic rings. The van der Waals surface area contributed by atoms with Crippen LogP contribution in [-0.2, 0) is 0 Å². The summed E-state index contributed by atoms with van der Waals surface area (Å²) in [4.78, 5) is 7.77. The molecule has 0 amide bonds. The van der Waals surface area contributed by atoms with Gasteiger partial charge in [-0.15, -0.1) is 0 Å². The Balaban J connectivity index is 0.000000671. The Labute approximate surface area is 79.4 Å². The van der Waals surface area contributed by atoms with E-state index in [1.807, 2.05) is 26.8 Å².